The third kappa shape index (κ3) is 3.42. The number of para-hydroxylation sites is 1. The Morgan fingerprint density at radius 3 is 2.70 bits per heavy atom. The van der Waals surface area contributed by atoms with E-state index in [0.29, 0.717) is 5.92 Å². The molecule has 3 N–H and O–H groups in total. The van der Waals surface area contributed by atoms with Crippen molar-refractivity contribution in [3.63, 3.8) is 0 Å². The van der Waals surface area contributed by atoms with Gasteiger partial charge in [0.25, 0.3) is 0 Å². The second-order valence-corrected chi connectivity index (χ2v) is 5.63. The van der Waals surface area contributed by atoms with Gasteiger partial charge in [-0.25, -0.2) is 0 Å². The Labute approximate surface area is 120 Å². The van der Waals surface area contributed by atoms with Gasteiger partial charge in [0.05, 0.1) is 0 Å². The summed E-state index contributed by atoms with van der Waals surface area (Å²) in [6.07, 6.45) is 2.46. The molecule has 0 bridgehead atoms. The van der Waals surface area contributed by atoms with Gasteiger partial charge in [0.15, 0.2) is 5.84 Å². The van der Waals surface area contributed by atoms with Crippen LogP contribution in [0.2, 0.25) is 0 Å². The highest BCUT2D eigenvalue weighted by atomic mass is 16.4. The number of nitrogens with zero attached hydrogens (tertiary/aromatic N) is 3. The van der Waals surface area contributed by atoms with Crippen molar-refractivity contribution < 1.29 is 5.21 Å². The molecule has 0 unspecified atom stereocenters. The third-order valence-electron chi connectivity index (χ3n) is 4.07. The molecule has 5 heteroatoms. The molecule has 5 nitrogen and oxygen atoms in total. The van der Waals surface area contributed by atoms with Crippen molar-refractivity contribution in [2.24, 2.45) is 16.8 Å². The SMILES string of the molecule is CN1CCC(CN(C)c2ccccc2C(N)=NO)CC1. The van der Waals surface area contributed by atoms with Crippen molar-refractivity contribution >= 4 is 11.5 Å². The predicted molar refractivity (Wildman–Crippen MR) is 82.4 cm³/mol. The van der Waals surface area contributed by atoms with Crippen LogP contribution in [-0.4, -0.2) is 49.7 Å². The molecular weight excluding hydrogens is 252 g/mol. The summed E-state index contributed by atoms with van der Waals surface area (Å²) in [6, 6.07) is 7.78. The van der Waals surface area contributed by atoms with E-state index in [1.807, 2.05) is 24.3 Å². The van der Waals surface area contributed by atoms with Crippen molar-refractivity contribution in [3.05, 3.63) is 29.8 Å². The molecule has 1 fully saturated rings. The van der Waals surface area contributed by atoms with Crippen LogP contribution in [0.1, 0.15) is 18.4 Å². The highest BCUT2D eigenvalue weighted by Gasteiger charge is 2.19. The van der Waals surface area contributed by atoms with Crippen molar-refractivity contribution in [2.75, 3.05) is 38.6 Å². The van der Waals surface area contributed by atoms with Gasteiger partial charge in [-0.3, -0.25) is 0 Å². The number of amidine groups is 1. The average molecular weight is 276 g/mol. The molecular formula is C15H24N4O. The van der Waals surface area contributed by atoms with Crippen LogP contribution in [-0.2, 0) is 0 Å². The number of nitrogens with two attached hydrogens (primary N) is 1. The molecule has 1 aliphatic heterocycles. The van der Waals surface area contributed by atoms with Crippen molar-refractivity contribution in [2.45, 2.75) is 12.8 Å². The highest BCUT2D eigenvalue weighted by molar-refractivity contribution is 6.02. The first-order valence-electron chi connectivity index (χ1n) is 7.08. The van der Waals surface area contributed by atoms with Crippen LogP contribution < -0.4 is 10.6 Å². The lowest BCUT2D eigenvalue weighted by Crippen LogP contribution is -2.36. The lowest BCUT2D eigenvalue weighted by Gasteiger charge is -2.33. The Kier molecular flexibility index (Phi) is 4.84. The van der Waals surface area contributed by atoms with E-state index >= 15 is 0 Å². The summed E-state index contributed by atoms with van der Waals surface area (Å²) in [5.74, 6) is 0.868. The smallest absolute Gasteiger partial charge is 0.172 e. The third-order valence-corrected chi connectivity index (χ3v) is 4.07. The lowest BCUT2D eigenvalue weighted by atomic mass is 9.96. The van der Waals surface area contributed by atoms with Crippen molar-refractivity contribution in [3.8, 4) is 0 Å². The first-order valence-corrected chi connectivity index (χ1v) is 7.08. The van der Waals surface area contributed by atoms with Crippen LogP contribution in [0.5, 0.6) is 0 Å². The van der Waals surface area contributed by atoms with E-state index < -0.39 is 0 Å². The molecule has 1 aromatic rings. The van der Waals surface area contributed by atoms with Crippen LogP contribution in [0, 0.1) is 5.92 Å². The first kappa shape index (κ1) is 14.7. The van der Waals surface area contributed by atoms with Crippen LogP contribution in [0.4, 0.5) is 5.69 Å². The topological polar surface area (TPSA) is 65.1 Å². The minimum Gasteiger partial charge on any atom is -0.409 e. The number of oxime groups is 1. The second-order valence-electron chi connectivity index (χ2n) is 5.63. The zero-order valence-corrected chi connectivity index (χ0v) is 12.3. The summed E-state index contributed by atoms with van der Waals surface area (Å²) in [5.41, 5.74) is 7.55. The number of anilines is 1. The zero-order valence-electron chi connectivity index (χ0n) is 12.3. The number of piperidine rings is 1. The molecule has 0 atom stereocenters. The fourth-order valence-corrected chi connectivity index (χ4v) is 2.81. The molecule has 0 amide bonds. The van der Waals surface area contributed by atoms with E-state index in [2.05, 4.69) is 29.1 Å². The van der Waals surface area contributed by atoms with E-state index in [-0.39, 0.29) is 5.84 Å². The number of benzene rings is 1. The second kappa shape index (κ2) is 6.61. The van der Waals surface area contributed by atoms with Gasteiger partial charge in [-0.05, 0) is 51.0 Å². The summed E-state index contributed by atoms with van der Waals surface area (Å²) in [7, 11) is 4.25. The summed E-state index contributed by atoms with van der Waals surface area (Å²) in [6.45, 7) is 3.34. The molecule has 1 heterocycles. The summed E-state index contributed by atoms with van der Waals surface area (Å²) in [5, 5.41) is 12.0. The Hall–Kier alpha value is -1.75. The van der Waals surface area contributed by atoms with Gasteiger partial charge in [0, 0.05) is 24.8 Å². The van der Waals surface area contributed by atoms with E-state index in [1.165, 1.54) is 25.9 Å². The van der Waals surface area contributed by atoms with E-state index in [1.54, 1.807) is 0 Å². The molecule has 1 saturated heterocycles. The van der Waals surface area contributed by atoms with Gasteiger partial charge < -0.3 is 20.7 Å². The number of rotatable bonds is 4. The fraction of sp³-hybridized carbons (Fsp3) is 0.533. The average Bonchev–Trinajstić information content (AvgIpc) is 2.48. The van der Waals surface area contributed by atoms with Crippen LogP contribution in [0.3, 0.4) is 0 Å². The number of hydrogen-bond acceptors (Lipinski definition) is 4. The summed E-state index contributed by atoms with van der Waals surface area (Å²) in [4.78, 5) is 4.59. The Morgan fingerprint density at radius 2 is 2.05 bits per heavy atom. The summed E-state index contributed by atoms with van der Waals surface area (Å²) < 4.78 is 0. The zero-order chi connectivity index (χ0) is 14.5. The maximum absolute atomic E-state index is 8.88. The molecule has 1 aromatic carbocycles. The number of likely N-dealkylation sites (tertiary alicyclic amines) is 1. The molecule has 20 heavy (non-hydrogen) atoms. The number of hydrogen-bond donors (Lipinski definition) is 2. The molecule has 0 aromatic heterocycles. The molecule has 0 spiro atoms. The quantitative estimate of drug-likeness (QED) is 0.379. The standard InChI is InChI=1S/C15H24N4O/c1-18-9-7-12(8-10-18)11-19(2)14-6-4-3-5-13(14)15(16)17-20/h3-6,12,20H,7-11H2,1-2H3,(H2,16,17). The van der Waals surface area contributed by atoms with E-state index in [9.17, 15) is 0 Å². The largest absolute Gasteiger partial charge is 0.409 e. The molecule has 0 saturated carbocycles. The molecule has 0 aliphatic carbocycles. The minimum absolute atomic E-state index is 0.163. The predicted octanol–water partition coefficient (Wildman–Crippen LogP) is 1.56. The highest BCUT2D eigenvalue weighted by Crippen LogP contribution is 2.23. The Bertz CT molecular complexity index is 467. The normalized spacial score (nSPS) is 18.2. The molecule has 1 aliphatic rings. The van der Waals surface area contributed by atoms with Crippen LogP contribution in [0.15, 0.2) is 29.4 Å². The maximum Gasteiger partial charge on any atom is 0.172 e. The Morgan fingerprint density at radius 1 is 1.40 bits per heavy atom. The van der Waals surface area contributed by atoms with E-state index in [4.69, 9.17) is 10.9 Å². The summed E-state index contributed by atoms with van der Waals surface area (Å²) >= 11 is 0. The lowest BCUT2D eigenvalue weighted by molar-refractivity contribution is 0.222. The van der Waals surface area contributed by atoms with E-state index in [0.717, 1.165) is 17.8 Å². The van der Waals surface area contributed by atoms with Crippen molar-refractivity contribution in [1.29, 1.82) is 0 Å². The minimum atomic E-state index is 0.163. The van der Waals surface area contributed by atoms with Gasteiger partial charge in [0.1, 0.15) is 0 Å². The molecule has 0 radical (unpaired) electrons. The Balaban J connectivity index is 2.07. The van der Waals surface area contributed by atoms with Crippen LogP contribution in [0.25, 0.3) is 0 Å². The van der Waals surface area contributed by atoms with Gasteiger partial charge >= 0.3 is 0 Å². The van der Waals surface area contributed by atoms with Gasteiger partial charge in [-0.15, -0.1) is 0 Å². The van der Waals surface area contributed by atoms with Gasteiger partial charge in [-0.2, -0.15) is 0 Å². The maximum atomic E-state index is 8.88. The molecule has 110 valence electrons. The molecule has 2 rings (SSSR count). The first-order chi connectivity index (χ1) is 9.61. The fourth-order valence-electron chi connectivity index (χ4n) is 2.81. The van der Waals surface area contributed by atoms with Crippen molar-refractivity contribution in [1.82, 2.24) is 4.90 Å². The monoisotopic (exact) mass is 276 g/mol. The van der Waals surface area contributed by atoms with Crippen LogP contribution >= 0.6 is 0 Å². The van der Waals surface area contributed by atoms with Gasteiger partial charge in [0.2, 0.25) is 0 Å². The van der Waals surface area contributed by atoms with Gasteiger partial charge in [-0.1, -0.05) is 17.3 Å².